The third-order valence-corrected chi connectivity index (χ3v) is 3.70. The molecule has 0 aliphatic heterocycles. The van der Waals surface area contributed by atoms with Crippen LogP contribution in [0.4, 0.5) is 16.2 Å². The van der Waals surface area contributed by atoms with Gasteiger partial charge in [-0.25, -0.2) is 9.59 Å². The van der Waals surface area contributed by atoms with Crippen molar-refractivity contribution in [2.24, 2.45) is 5.73 Å². The van der Waals surface area contributed by atoms with Crippen molar-refractivity contribution in [2.75, 3.05) is 17.7 Å². The Morgan fingerprint density at radius 1 is 1.07 bits per heavy atom. The number of primary amides is 1. The maximum absolute atomic E-state index is 12.3. The SMILES string of the molecule is COc1ccc(Cl)cc1NC(=O)C(C)OC(=O)c1ccc(NC(N)=O)cc1. The van der Waals surface area contributed by atoms with Gasteiger partial charge in [-0.05, 0) is 49.4 Å². The van der Waals surface area contributed by atoms with E-state index in [2.05, 4.69) is 10.6 Å². The summed E-state index contributed by atoms with van der Waals surface area (Å²) >= 11 is 5.92. The Morgan fingerprint density at radius 3 is 2.33 bits per heavy atom. The van der Waals surface area contributed by atoms with Crippen LogP contribution in [0.2, 0.25) is 5.02 Å². The number of carbonyl (C=O) groups is 3. The highest BCUT2D eigenvalue weighted by Gasteiger charge is 2.20. The molecule has 4 N–H and O–H groups in total. The molecule has 2 rings (SSSR count). The number of nitrogens with two attached hydrogens (primary N) is 1. The van der Waals surface area contributed by atoms with Crippen molar-refractivity contribution in [2.45, 2.75) is 13.0 Å². The van der Waals surface area contributed by atoms with Gasteiger partial charge in [0.1, 0.15) is 5.75 Å². The van der Waals surface area contributed by atoms with E-state index < -0.39 is 24.0 Å². The standard InChI is InChI=1S/C18H18ClN3O5/c1-10(16(23)22-14-9-12(19)5-8-15(14)26-2)27-17(24)11-3-6-13(7-4-11)21-18(20)25/h3-10H,1-2H3,(H,22,23)(H3,20,21,25). The molecule has 0 aliphatic rings. The van der Waals surface area contributed by atoms with Crippen molar-refractivity contribution < 1.29 is 23.9 Å². The number of methoxy groups -OCH3 is 1. The lowest BCUT2D eigenvalue weighted by Crippen LogP contribution is -2.30. The zero-order chi connectivity index (χ0) is 20.0. The normalized spacial score (nSPS) is 11.2. The summed E-state index contributed by atoms with van der Waals surface area (Å²) in [6.45, 7) is 1.44. The number of benzene rings is 2. The average Bonchev–Trinajstić information content (AvgIpc) is 2.61. The number of nitrogens with one attached hydrogen (secondary N) is 2. The summed E-state index contributed by atoms with van der Waals surface area (Å²) in [5, 5.41) is 5.39. The zero-order valence-electron chi connectivity index (χ0n) is 14.6. The van der Waals surface area contributed by atoms with Gasteiger partial charge < -0.3 is 25.8 Å². The van der Waals surface area contributed by atoms with Gasteiger partial charge in [-0.15, -0.1) is 0 Å². The molecule has 2 aromatic rings. The summed E-state index contributed by atoms with van der Waals surface area (Å²) in [6.07, 6.45) is -1.07. The molecular weight excluding hydrogens is 374 g/mol. The molecule has 142 valence electrons. The lowest BCUT2D eigenvalue weighted by Gasteiger charge is -2.15. The van der Waals surface area contributed by atoms with Crippen LogP contribution in [0.25, 0.3) is 0 Å². The summed E-state index contributed by atoms with van der Waals surface area (Å²) in [6, 6.07) is 9.90. The van der Waals surface area contributed by atoms with Crippen molar-refractivity contribution in [3.63, 3.8) is 0 Å². The van der Waals surface area contributed by atoms with E-state index in [9.17, 15) is 14.4 Å². The highest BCUT2D eigenvalue weighted by molar-refractivity contribution is 6.31. The fraction of sp³-hybridized carbons (Fsp3) is 0.167. The minimum absolute atomic E-state index is 0.213. The molecule has 2 aromatic carbocycles. The van der Waals surface area contributed by atoms with E-state index in [1.165, 1.54) is 44.4 Å². The monoisotopic (exact) mass is 391 g/mol. The predicted molar refractivity (Wildman–Crippen MR) is 101 cm³/mol. The van der Waals surface area contributed by atoms with Gasteiger partial charge in [0, 0.05) is 10.7 Å². The number of carbonyl (C=O) groups excluding carboxylic acids is 3. The van der Waals surface area contributed by atoms with E-state index in [1.54, 1.807) is 12.1 Å². The van der Waals surface area contributed by atoms with Crippen LogP contribution < -0.4 is 21.1 Å². The molecule has 0 radical (unpaired) electrons. The van der Waals surface area contributed by atoms with Crippen molar-refractivity contribution >= 4 is 40.9 Å². The Balaban J connectivity index is 2.00. The molecule has 0 heterocycles. The van der Waals surface area contributed by atoms with Crippen molar-refractivity contribution in [3.05, 3.63) is 53.1 Å². The number of hydrogen-bond acceptors (Lipinski definition) is 5. The summed E-state index contributed by atoms with van der Waals surface area (Å²) in [5.41, 5.74) is 6.01. The summed E-state index contributed by atoms with van der Waals surface area (Å²) < 4.78 is 10.3. The topological polar surface area (TPSA) is 120 Å². The Kier molecular flexibility index (Phi) is 6.62. The van der Waals surface area contributed by atoms with Crippen LogP contribution in [0.1, 0.15) is 17.3 Å². The molecule has 0 bridgehead atoms. The van der Waals surface area contributed by atoms with Crippen LogP contribution >= 0.6 is 11.6 Å². The van der Waals surface area contributed by atoms with E-state index in [0.717, 1.165) is 0 Å². The Hall–Kier alpha value is -3.26. The molecule has 0 saturated carbocycles. The van der Waals surface area contributed by atoms with Crippen LogP contribution in [0.15, 0.2) is 42.5 Å². The lowest BCUT2D eigenvalue weighted by atomic mass is 10.2. The average molecular weight is 392 g/mol. The molecule has 27 heavy (non-hydrogen) atoms. The number of amides is 3. The largest absolute Gasteiger partial charge is 0.495 e. The number of esters is 1. The molecule has 8 nitrogen and oxygen atoms in total. The van der Waals surface area contributed by atoms with Crippen LogP contribution in [-0.2, 0) is 9.53 Å². The Morgan fingerprint density at radius 2 is 1.74 bits per heavy atom. The highest BCUT2D eigenvalue weighted by Crippen LogP contribution is 2.27. The summed E-state index contributed by atoms with van der Waals surface area (Å²) in [7, 11) is 1.46. The molecule has 0 aromatic heterocycles. The predicted octanol–water partition coefficient (Wildman–Crippen LogP) is 3.02. The first-order chi connectivity index (χ1) is 12.8. The van der Waals surface area contributed by atoms with Crippen molar-refractivity contribution in [1.29, 1.82) is 0 Å². The minimum Gasteiger partial charge on any atom is -0.495 e. The molecular formula is C18H18ClN3O5. The lowest BCUT2D eigenvalue weighted by molar-refractivity contribution is -0.123. The maximum Gasteiger partial charge on any atom is 0.338 e. The first kappa shape index (κ1) is 20.1. The number of anilines is 2. The first-order valence-corrected chi connectivity index (χ1v) is 8.20. The van der Waals surface area contributed by atoms with Crippen LogP contribution in [0.5, 0.6) is 5.75 Å². The molecule has 0 fully saturated rings. The summed E-state index contributed by atoms with van der Waals surface area (Å²) in [4.78, 5) is 35.2. The van der Waals surface area contributed by atoms with Gasteiger partial charge >= 0.3 is 12.0 Å². The second kappa shape index (κ2) is 8.91. The van der Waals surface area contributed by atoms with E-state index in [-0.39, 0.29) is 5.56 Å². The molecule has 9 heteroatoms. The van der Waals surface area contributed by atoms with Crippen LogP contribution in [0, 0.1) is 0 Å². The van der Waals surface area contributed by atoms with E-state index in [0.29, 0.717) is 22.1 Å². The molecule has 1 atom stereocenters. The smallest absolute Gasteiger partial charge is 0.338 e. The maximum atomic E-state index is 12.3. The molecule has 0 spiro atoms. The van der Waals surface area contributed by atoms with Gasteiger partial charge in [-0.2, -0.15) is 0 Å². The fourth-order valence-corrected chi connectivity index (χ4v) is 2.30. The van der Waals surface area contributed by atoms with Gasteiger partial charge in [0.2, 0.25) is 0 Å². The number of urea groups is 1. The number of rotatable bonds is 6. The minimum atomic E-state index is -1.07. The van der Waals surface area contributed by atoms with E-state index >= 15 is 0 Å². The number of halogens is 1. The van der Waals surface area contributed by atoms with Crippen LogP contribution in [-0.4, -0.2) is 31.1 Å². The zero-order valence-corrected chi connectivity index (χ0v) is 15.4. The third kappa shape index (κ3) is 5.61. The molecule has 1 unspecified atom stereocenters. The third-order valence-electron chi connectivity index (χ3n) is 3.46. The molecule has 0 aliphatic carbocycles. The Labute approximate surface area is 160 Å². The highest BCUT2D eigenvalue weighted by atomic mass is 35.5. The summed E-state index contributed by atoms with van der Waals surface area (Å²) in [5.74, 6) is -0.818. The van der Waals surface area contributed by atoms with Gasteiger partial charge in [0.25, 0.3) is 5.91 Å². The van der Waals surface area contributed by atoms with Crippen LogP contribution in [0.3, 0.4) is 0 Å². The molecule has 3 amide bonds. The van der Waals surface area contributed by atoms with Crippen molar-refractivity contribution in [1.82, 2.24) is 0 Å². The van der Waals surface area contributed by atoms with Gasteiger partial charge in [-0.3, -0.25) is 4.79 Å². The van der Waals surface area contributed by atoms with Crippen molar-refractivity contribution in [3.8, 4) is 5.75 Å². The second-order valence-corrected chi connectivity index (χ2v) is 5.88. The van der Waals surface area contributed by atoms with Gasteiger partial charge in [-0.1, -0.05) is 11.6 Å². The van der Waals surface area contributed by atoms with E-state index in [1.807, 2.05) is 0 Å². The van der Waals surface area contributed by atoms with E-state index in [4.69, 9.17) is 26.8 Å². The molecule has 0 saturated heterocycles. The second-order valence-electron chi connectivity index (χ2n) is 5.45. The first-order valence-electron chi connectivity index (χ1n) is 7.82. The quantitative estimate of drug-likeness (QED) is 0.654. The number of ether oxygens (including phenoxy) is 2. The fourth-order valence-electron chi connectivity index (χ4n) is 2.13. The van der Waals surface area contributed by atoms with Gasteiger partial charge in [0.05, 0.1) is 18.4 Å². The number of hydrogen-bond donors (Lipinski definition) is 3. The van der Waals surface area contributed by atoms with Gasteiger partial charge in [0.15, 0.2) is 6.10 Å². The Bertz CT molecular complexity index is 855.